The third-order valence-corrected chi connectivity index (χ3v) is 7.04. The van der Waals surface area contributed by atoms with Crippen LogP contribution in [-0.4, -0.2) is 37.4 Å². The van der Waals surface area contributed by atoms with Gasteiger partial charge in [-0.2, -0.15) is 0 Å². The van der Waals surface area contributed by atoms with Crippen LogP contribution in [0.2, 0.25) is 0 Å². The molecule has 0 aliphatic carbocycles. The molecular formula is C26H26N6O5S. The minimum atomic E-state index is -3.91. The van der Waals surface area contributed by atoms with Crippen molar-refractivity contribution >= 4 is 33.4 Å². The lowest BCUT2D eigenvalue weighted by atomic mass is 9.89. The summed E-state index contributed by atoms with van der Waals surface area (Å²) in [6, 6.07) is 20.1. The zero-order chi connectivity index (χ0) is 27.5. The lowest BCUT2D eigenvalue weighted by molar-refractivity contribution is -0.148. The molecule has 196 valence electrons. The summed E-state index contributed by atoms with van der Waals surface area (Å²) in [5.74, 6) is -1.42. The Morgan fingerprint density at radius 2 is 1.71 bits per heavy atom. The number of sulfonamides is 1. The summed E-state index contributed by atoms with van der Waals surface area (Å²) in [7, 11) is -3.91. The van der Waals surface area contributed by atoms with Gasteiger partial charge in [-0.05, 0) is 23.3 Å². The van der Waals surface area contributed by atoms with Crippen molar-refractivity contribution in [1.82, 2.24) is 5.32 Å². The highest BCUT2D eigenvalue weighted by Gasteiger charge is 2.48. The van der Waals surface area contributed by atoms with Gasteiger partial charge in [0.1, 0.15) is 5.84 Å². The molecule has 0 aromatic heterocycles. The Balaban J connectivity index is 1.48. The van der Waals surface area contributed by atoms with E-state index in [0.29, 0.717) is 28.0 Å². The maximum Gasteiger partial charge on any atom is 0.268 e. The van der Waals surface area contributed by atoms with Gasteiger partial charge in [0.25, 0.3) is 5.91 Å². The monoisotopic (exact) mass is 534 g/mol. The van der Waals surface area contributed by atoms with Gasteiger partial charge in [-0.1, -0.05) is 65.8 Å². The molecule has 8 N–H and O–H groups in total. The first kappa shape index (κ1) is 26.5. The van der Waals surface area contributed by atoms with E-state index in [2.05, 4.69) is 10.5 Å². The van der Waals surface area contributed by atoms with Crippen LogP contribution in [-0.2, 0) is 31.0 Å². The predicted octanol–water partition coefficient (Wildman–Crippen LogP) is 1.34. The summed E-state index contributed by atoms with van der Waals surface area (Å²) in [5.41, 5.74) is 12.7. The van der Waals surface area contributed by atoms with Crippen LogP contribution in [0.25, 0.3) is 11.1 Å². The van der Waals surface area contributed by atoms with E-state index in [4.69, 9.17) is 26.9 Å². The molecule has 0 saturated carbocycles. The number of hydrogen-bond donors (Lipinski definition) is 5. The molecule has 0 bridgehead atoms. The molecule has 0 radical (unpaired) electrons. The molecule has 4 rings (SSSR count). The van der Waals surface area contributed by atoms with Crippen LogP contribution < -0.4 is 21.9 Å². The van der Waals surface area contributed by atoms with Crippen molar-refractivity contribution in [2.75, 3.05) is 0 Å². The molecule has 11 nitrogen and oxygen atoms in total. The topological polar surface area (TPSA) is 204 Å². The zero-order valence-electron chi connectivity index (χ0n) is 20.2. The number of primary sulfonamides is 1. The van der Waals surface area contributed by atoms with E-state index in [0.717, 1.165) is 5.56 Å². The maximum absolute atomic E-state index is 13.2. The number of nitrogens with two attached hydrogens (primary N) is 3. The minimum absolute atomic E-state index is 0.00752. The molecule has 2 amide bonds. The SMILES string of the molecule is N=C(N)c1cccc(C2=NOC(CC(N)=O)(C(=O)NCc3ccc(-c4ccccc4S(N)(=O)=O)cc3)C2)c1. The zero-order valence-corrected chi connectivity index (χ0v) is 21.0. The Kier molecular flexibility index (Phi) is 7.28. The van der Waals surface area contributed by atoms with Gasteiger partial charge in [0, 0.05) is 29.7 Å². The van der Waals surface area contributed by atoms with Crippen LogP contribution in [0.1, 0.15) is 29.5 Å². The van der Waals surface area contributed by atoms with Gasteiger partial charge in [-0.3, -0.25) is 15.0 Å². The largest absolute Gasteiger partial charge is 0.384 e. The van der Waals surface area contributed by atoms with Crippen LogP contribution in [0, 0.1) is 5.41 Å². The van der Waals surface area contributed by atoms with Crippen molar-refractivity contribution in [2.45, 2.75) is 29.9 Å². The number of oxime groups is 1. The fraction of sp³-hybridized carbons (Fsp3) is 0.154. The third-order valence-electron chi connectivity index (χ3n) is 6.08. The number of carbonyl (C=O) groups excluding carboxylic acids is 2. The number of primary amides is 1. The van der Waals surface area contributed by atoms with Crippen molar-refractivity contribution in [1.29, 1.82) is 5.41 Å². The van der Waals surface area contributed by atoms with Crippen molar-refractivity contribution in [3.63, 3.8) is 0 Å². The summed E-state index contributed by atoms with van der Waals surface area (Å²) in [6.45, 7) is 0.106. The summed E-state index contributed by atoms with van der Waals surface area (Å²) in [5, 5.41) is 19.8. The Labute approximate surface area is 219 Å². The quantitative estimate of drug-likeness (QED) is 0.202. The standard InChI is InChI=1S/C26H26N6O5S/c27-23(33)14-26(13-21(32-37-26)18-4-3-5-19(12-18)24(28)29)25(34)31-15-16-8-10-17(11-9-16)20-6-1-2-7-22(20)38(30,35)36/h1-12H,13-15H2,(H2,27,33)(H3,28,29)(H,31,34)(H2,30,35,36). The first-order valence-electron chi connectivity index (χ1n) is 11.5. The van der Waals surface area contributed by atoms with Crippen LogP contribution in [0.15, 0.2) is 82.8 Å². The highest BCUT2D eigenvalue weighted by atomic mass is 32.2. The van der Waals surface area contributed by atoms with E-state index >= 15 is 0 Å². The fourth-order valence-electron chi connectivity index (χ4n) is 4.18. The Hall–Kier alpha value is -4.55. The number of nitrogens with one attached hydrogen (secondary N) is 2. The molecule has 3 aromatic rings. The second-order valence-corrected chi connectivity index (χ2v) is 10.4. The molecule has 12 heteroatoms. The first-order valence-corrected chi connectivity index (χ1v) is 13.0. The van der Waals surface area contributed by atoms with E-state index < -0.39 is 27.4 Å². The van der Waals surface area contributed by atoms with E-state index in [-0.39, 0.29) is 30.1 Å². The van der Waals surface area contributed by atoms with Gasteiger partial charge in [0.15, 0.2) is 0 Å². The molecule has 0 saturated heterocycles. The predicted molar refractivity (Wildman–Crippen MR) is 141 cm³/mol. The van der Waals surface area contributed by atoms with Gasteiger partial charge in [-0.25, -0.2) is 13.6 Å². The van der Waals surface area contributed by atoms with Gasteiger partial charge < -0.3 is 21.6 Å². The van der Waals surface area contributed by atoms with E-state index in [1.54, 1.807) is 66.7 Å². The highest BCUT2D eigenvalue weighted by Crippen LogP contribution is 2.31. The number of nitrogen functional groups attached to an aromatic ring is 1. The van der Waals surface area contributed by atoms with Gasteiger partial charge >= 0.3 is 0 Å². The Bertz CT molecular complexity index is 1550. The second-order valence-electron chi connectivity index (χ2n) is 8.86. The summed E-state index contributed by atoms with van der Waals surface area (Å²) < 4.78 is 23.9. The fourth-order valence-corrected chi connectivity index (χ4v) is 4.94. The summed E-state index contributed by atoms with van der Waals surface area (Å²) in [4.78, 5) is 30.6. The normalized spacial score (nSPS) is 16.8. The molecule has 1 atom stereocenters. The molecule has 1 unspecified atom stereocenters. The summed E-state index contributed by atoms with van der Waals surface area (Å²) >= 11 is 0. The van der Waals surface area contributed by atoms with Gasteiger partial charge in [0.05, 0.1) is 17.0 Å². The average molecular weight is 535 g/mol. The number of rotatable bonds is 9. The Morgan fingerprint density at radius 3 is 2.37 bits per heavy atom. The van der Waals surface area contributed by atoms with Crippen LogP contribution in [0.3, 0.4) is 0 Å². The number of benzene rings is 3. The first-order chi connectivity index (χ1) is 18.0. The number of hydrogen-bond acceptors (Lipinski definition) is 7. The lowest BCUT2D eigenvalue weighted by Crippen LogP contribution is -2.49. The third kappa shape index (κ3) is 5.71. The molecule has 3 aromatic carbocycles. The molecule has 0 spiro atoms. The van der Waals surface area contributed by atoms with Crippen molar-refractivity contribution in [2.24, 2.45) is 21.8 Å². The lowest BCUT2D eigenvalue weighted by Gasteiger charge is -2.24. The molecule has 0 fully saturated rings. The van der Waals surface area contributed by atoms with E-state index in [1.165, 1.54) is 6.07 Å². The second kappa shape index (κ2) is 10.4. The van der Waals surface area contributed by atoms with Crippen molar-refractivity contribution < 1.29 is 22.8 Å². The number of carbonyl (C=O) groups is 2. The number of amidine groups is 1. The molecule has 1 heterocycles. The van der Waals surface area contributed by atoms with Gasteiger partial charge in [0.2, 0.25) is 21.5 Å². The Morgan fingerprint density at radius 1 is 1.00 bits per heavy atom. The van der Waals surface area contributed by atoms with Crippen molar-refractivity contribution in [3.05, 3.63) is 89.5 Å². The molecule has 1 aliphatic heterocycles. The highest BCUT2D eigenvalue weighted by molar-refractivity contribution is 7.89. The van der Waals surface area contributed by atoms with E-state index in [1.807, 2.05) is 0 Å². The van der Waals surface area contributed by atoms with Crippen molar-refractivity contribution in [3.8, 4) is 11.1 Å². The average Bonchev–Trinajstić information content (AvgIpc) is 3.32. The molecule has 38 heavy (non-hydrogen) atoms. The minimum Gasteiger partial charge on any atom is -0.384 e. The maximum atomic E-state index is 13.2. The van der Waals surface area contributed by atoms with Crippen LogP contribution >= 0.6 is 0 Å². The number of nitrogens with zero attached hydrogens (tertiary/aromatic N) is 1. The number of amides is 2. The van der Waals surface area contributed by atoms with Gasteiger partial charge in [-0.15, -0.1) is 0 Å². The molecular weight excluding hydrogens is 508 g/mol. The van der Waals surface area contributed by atoms with Crippen LogP contribution in [0.4, 0.5) is 0 Å². The van der Waals surface area contributed by atoms with Crippen LogP contribution in [0.5, 0.6) is 0 Å². The summed E-state index contributed by atoms with van der Waals surface area (Å²) in [6.07, 6.45) is -0.395. The van der Waals surface area contributed by atoms with E-state index in [9.17, 15) is 18.0 Å². The smallest absolute Gasteiger partial charge is 0.268 e. The molecule has 1 aliphatic rings.